The van der Waals surface area contributed by atoms with Crippen molar-refractivity contribution in [2.45, 2.75) is 19.8 Å². The average molecular weight is 355 g/mol. The van der Waals surface area contributed by atoms with E-state index in [0.717, 1.165) is 12.8 Å². The largest absolute Gasteiger partial charge is 0.462 e. The molecule has 0 unspecified atom stereocenters. The fourth-order valence-corrected chi connectivity index (χ4v) is 2.47. The van der Waals surface area contributed by atoms with Gasteiger partial charge in [-0.25, -0.2) is 9.18 Å². The Balaban J connectivity index is 1.86. The van der Waals surface area contributed by atoms with Gasteiger partial charge in [-0.15, -0.1) is 0 Å². The van der Waals surface area contributed by atoms with Crippen LogP contribution in [0.2, 0.25) is 0 Å². The van der Waals surface area contributed by atoms with E-state index in [-0.39, 0.29) is 12.2 Å². The van der Waals surface area contributed by atoms with Crippen LogP contribution in [0.4, 0.5) is 4.39 Å². The van der Waals surface area contributed by atoms with Gasteiger partial charge in [0.25, 0.3) is 0 Å². The summed E-state index contributed by atoms with van der Waals surface area (Å²) in [6, 6.07) is 10.5. The predicted molar refractivity (Wildman–Crippen MR) is 96.2 cm³/mol. The highest BCUT2D eigenvalue weighted by Gasteiger charge is 2.14. The van der Waals surface area contributed by atoms with Crippen LogP contribution in [0.15, 0.2) is 53.5 Å². The van der Waals surface area contributed by atoms with Crippen LogP contribution >= 0.6 is 0 Å². The van der Waals surface area contributed by atoms with Gasteiger partial charge in [-0.05, 0) is 30.7 Å². The molecule has 1 N–H and O–H groups in total. The maximum Gasteiger partial charge on any atom is 0.343 e. The highest BCUT2D eigenvalue weighted by molar-refractivity contribution is 5.93. The smallest absolute Gasteiger partial charge is 0.343 e. The van der Waals surface area contributed by atoms with E-state index in [1.807, 2.05) is 6.92 Å². The topological polar surface area (TPSA) is 68.4 Å². The van der Waals surface area contributed by atoms with Gasteiger partial charge < -0.3 is 14.5 Å². The molecule has 3 aromatic rings. The zero-order valence-corrected chi connectivity index (χ0v) is 14.3. The minimum absolute atomic E-state index is 0.0348. The van der Waals surface area contributed by atoms with E-state index in [1.54, 1.807) is 30.3 Å². The number of aromatic amines is 1. The van der Waals surface area contributed by atoms with Crippen LogP contribution in [0.1, 0.15) is 30.1 Å². The average Bonchev–Trinajstić information content (AvgIpc) is 2.62. The highest BCUT2D eigenvalue weighted by Crippen LogP contribution is 2.24. The van der Waals surface area contributed by atoms with Gasteiger partial charge in [0.05, 0.1) is 12.1 Å². The minimum Gasteiger partial charge on any atom is -0.462 e. The molecule has 26 heavy (non-hydrogen) atoms. The number of ether oxygens (including phenoxy) is 2. The van der Waals surface area contributed by atoms with Crippen LogP contribution in [0.3, 0.4) is 0 Å². The third-order valence-electron chi connectivity index (χ3n) is 3.84. The molecule has 3 rings (SSSR count). The molecule has 0 saturated carbocycles. The number of rotatable bonds is 6. The predicted octanol–water partition coefficient (Wildman–Crippen LogP) is 4.42. The Kier molecular flexibility index (Phi) is 5.31. The van der Waals surface area contributed by atoms with E-state index in [0.29, 0.717) is 22.4 Å². The number of hydrogen-bond acceptors (Lipinski definition) is 4. The summed E-state index contributed by atoms with van der Waals surface area (Å²) < 4.78 is 23.9. The van der Waals surface area contributed by atoms with Crippen molar-refractivity contribution in [1.29, 1.82) is 0 Å². The number of esters is 1. The van der Waals surface area contributed by atoms with Gasteiger partial charge in [-0.2, -0.15) is 0 Å². The zero-order chi connectivity index (χ0) is 18.5. The van der Waals surface area contributed by atoms with Crippen molar-refractivity contribution in [3.63, 3.8) is 0 Å². The number of halogens is 1. The summed E-state index contributed by atoms with van der Waals surface area (Å²) in [5.74, 6) is -0.246. The number of nitrogens with one attached hydrogen (secondary N) is 1. The first-order valence-electron chi connectivity index (χ1n) is 8.34. The van der Waals surface area contributed by atoms with E-state index in [4.69, 9.17) is 9.47 Å². The molecule has 0 aliphatic rings. The van der Waals surface area contributed by atoms with Gasteiger partial charge in [-0.3, -0.25) is 4.79 Å². The molecule has 0 amide bonds. The van der Waals surface area contributed by atoms with Crippen LogP contribution < -0.4 is 10.2 Å². The maximum absolute atomic E-state index is 13.2. The third-order valence-corrected chi connectivity index (χ3v) is 3.84. The Morgan fingerprint density at radius 1 is 1.15 bits per heavy atom. The van der Waals surface area contributed by atoms with Crippen LogP contribution in [-0.4, -0.2) is 17.6 Å². The number of aromatic nitrogens is 1. The molecule has 1 aromatic heterocycles. The lowest BCUT2D eigenvalue weighted by Gasteiger charge is -2.08. The molecule has 1 heterocycles. The lowest BCUT2D eigenvalue weighted by Crippen LogP contribution is -2.18. The number of unbranched alkanes of at least 4 members (excludes halogenated alkanes) is 1. The maximum atomic E-state index is 13.2. The Labute approximate surface area is 149 Å². The number of fused-ring (bicyclic) bond motifs is 1. The first-order chi connectivity index (χ1) is 12.6. The number of hydrogen-bond donors (Lipinski definition) is 1. The number of carbonyl (C=O) groups is 1. The van der Waals surface area contributed by atoms with Crippen molar-refractivity contribution in [3.8, 4) is 11.5 Å². The van der Waals surface area contributed by atoms with Crippen LogP contribution in [-0.2, 0) is 4.74 Å². The Morgan fingerprint density at radius 2 is 1.96 bits per heavy atom. The molecular weight excluding hydrogens is 337 g/mol. The monoisotopic (exact) mass is 355 g/mol. The van der Waals surface area contributed by atoms with Crippen LogP contribution in [0.5, 0.6) is 11.5 Å². The standard InChI is InChI=1S/C20H18FNO4/c1-2-3-9-25-20(24)17-12-22-18-11-15(7-8-16(18)19(17)23)26-14-6-4-5-13(21)10-14/h4-8,10-12H,2-3,9H2,1H3,(H,22,23). The van der Waals surface area contributed by atoms with Crippen LogP contribution in [0, 0.1) is 5.82 Å². The number of carbonyl (C=O) groups excluding carboxylic acids is 1. The van der Waals surface area contributed by atoms with Crippen molar-refractivity contribution in [3.05, 3.63) is 70.3 Å². The Bertz CT molecular complexity index is 997. The first-order valence-corrected chi connectivity index (χ1v) is 8.34. The summed E-state index contributed by atoms with van der Waals surface area (Å²) in [4.78, 5) is 27.4. The number of H-pyrrole nitrogens is 1. The highest BCUT2D eigenvalue weighted by atomic mass is 19.1. The molecule has 0 fully saturated rings. The molecule has 0 bridgehead atoms. The van der Waals surface area contributed by atoms with Crippen molar-refractivity contribution in [1.82, 2.24) is 4.98 Å². The van der Waals surface area contributed by atoms with Crippen molar-refractivity contribution in [2.24, 2.45) is 0 Å². The second-order valence-electron chi connectivity index (χ2n) is 5.79. The van der Waals surface area contributed by atoms with E-state index >= 15 is 0 Å². The molecule has 0 spiro atoms. The molecule has 0 radical (unpaired) electrons. The fraction of sp³-hybridized carbons (Fsp3) is 0.200. The summed E-state index contributed by atoms with van der Waals surface area (Å²) in [5.41, 5.74) is 0.0685. The summed E-state index contributed by atoms with van der Waals surface area (Å²) in [6.45, 7) is 2.27. The fourth-order valence-electron chi connectivity index (χ4n) is 2.47. The molecular formula is C20H18FNO4. The lowest BCUT2D eigenvalue weighted by atomic mass is 10.1. The van der Waals surface area contributed by atoms with E-state index in [9.17, 15) is 14.0 Å². The second-order valence-corrected chi connectivity index (χ2v) is 5.79. The second kappa shape index (κ2) is 7.82. The van der Waals surface area contributed by atoms with Gasteiger partial charge in [-0.1, -0.05) is 19.4 Å². The van der Waals surface area contributed by atoms with Crippen molar-refractivity contribution in [2.75, 3.05) is 6.61 Å². The molecule has 0 saturated heterocycles. The molecule has 5 nitrogen and oxygen atoms in total. The Morgan fingerprint density at radius 3 is 2.73 bits per heavy atom. The van der Waals surface area contributed by atoms with E-state index in [1.165, 1.54) is 18.3 Å². The van der Waals surface area contributed by atoms with Gasteiger partial charge in [0.1, 0.15) is 22.9 Å². The zero-order valence-electron chi connectivity index (χ0n) is 14.3. The molecule has 6 heteroatoms. The quantitative estimate of drug-likeness (QED) is 0.525. The Hall–Kier alpha value is -3.15. The SMILES string of the molecule is CCCCOC(=O)c1c[nH]c2cc(Oc3cccc(F)c3)ccc2c1=O. The number of pyridine rings is 1. The number of benzene rings is 2. The van der Waals surface area contributed by atoms with Gasteiger partial charge in [0, 0.05) is 23.7 Å². The van der Waals surface area contributed by atoms with Crippen molar-refractivity contribution >= 4 is 16.9 Å². The van der Waals surface area contributed by atoms with E-state index in [2.05, 4.69) is 4.98 Å². The van der Waals surface area contributed by atoms with Gasteiger partial charge >= 0.3 is 5.97 Å². The molecule has 134 valence electrons. The summed E-state index contributed by atoms with van der Waals surface area (Å²) in [5, 5.41) is 0.349. The third kappa shape index (κ3) is 3.91. The lowest BCUT2D eigenvalue weighted by molar-refractivity contribution is 0.0498. The van der Waals surface area contributed by atoms with Gasteiger partial charge in [0.2, 0.25) is 5.43 Å². The normalized spacial score (nSPS) is 10.7. The van der Waals surface area contributed by atoms with Crippen LogP contribution in [0.25, 0.3) is 10.9 Å². The summed E-state index contributed by atoms with van der Waals surface area (Å²) in [6.07, 6.45) is 2.98. The van der Waals surface area contributed by atoms with Gasteiger partial charge in [0.15, 0.2) is 0 Å². The summed E-state index contributed by atoms with van der Waals surface area (Å²) >= 11 is 0. The first kappa shape index (κ1) is 17.7. The molecule has 2 aromatic carbocycles. The van der Waals surface area contributed by atoms with E-state index < -0.39 is 17.2 Å². The minimum atomic E-state index is -0.637. The molecule has 0 aliphatic carbocycles. The summed E-state index contributed by atoms with van der Waals surface area (Å²) in [7, 11) is 0. The van der Waals surface area contributed by atoms with Crippen molar-refractivity contribution < 1.29 is 18.7 Å². The molecule has 0 atom stereocenters. The molecule has 0 aliphatic heterocycles.